The second-order valence-corrected chi connectivity index (χ2v) is 9.20. The van der Waals surface area contributed by atoms with Crippen LogP contribution in [0.5, 0.6) is 0 Å². The van der Waals surface area contributed by atoms with Gasteiger partial charge in [-0.05, 0) is 24.3 Å². The molecule has 1 saturated carbocycles. The first kappa shape index (κ1) is 18.3. The Hall–Kier alpha value is -2.50. The zero-order valence-electron chi connectivity index (χ0n) is 17.4. The summed E-state index contributed by atoms with van der Waals surface area (Å²) in [5.41, 5.74) is 4.97. The van der Waals surface area contributed by atoms with Crippen LogP contribution in [-0.2, 0) is 13.0 Å². The summed E-state index contributed by atoms with van der Waals surface area (Å²) < 4.78 is 2.28. The van der Waals surface area contributed by atoms with Crippen molar-refractivity contribution in [3.05, 3.63) is 71.9 Å². The predicted molar refractivity (Wildman–Crippen MR) is 118 cm³/mol. The van der Waals surface area contributed by atoms with Crippen LogP contribution in [0.2, 0.25) is 0 Å². The molecule has 5 heteroatoms. The fourth-order valence-electron chi connectivity index (χ4n) is 5.32. The molecule has 154 valence electrons. The summed E-state index contributed by atoms with van der Waals surface area (Å²) in [5, 5.41) is 9.37. The maximum Gasteiger partial charge on any atom is 0.116 e. The van der Waals surface area contributed by atoms with Crippen molar-refractivity contribution >= 4 is 0 Å². The van der Waals surface area contributed by atoms with Crippen LogP contribution in [0, 0.1) is 5.92 Å². The third-order valence-corrected chi connectivity index (χ3v) is 7.03. The van der Waals surface area contributed by atoms with Gasteiger partial charge in [0, 0.05) is 50.7 Å². The van der Waals surface area contributed by atoms with Crippen molar-refractivity contribution in [1.82, 2.24) is 24.8 Å². The summed E-state index contributed by atoms with van der Waals surface area (Å²) in [4.78, 5) is 5.39. The van der Waals surface area contributed by atoms with E-state index in [0.29, 0.717) is 12.1 Å². The van der Waals surface area contributed by atoms with Crippen LogP contribution < -0.4 is 0 Å². The molecule has 1 aliphatic carbocycles. The van der Waals surface area contributed by atoms with Gasteiger partial charge in [-0.15, -0.1) is 5.10 Å². The van der Waals surface area contributed by atoms with Crippen molar-refractivity contribution in [2.75, 3.05) is 26.2 Å². The molecule has 3 aromatic rings. The van der Waals surface area contributed by atoms with Gasteiger partial charge in [0.15, 0.2) is 0 Å². The number of likely N-dealkylation sites (tertiary alicyclic amines) is 1. The fraction of sp³-hybridized carbons (Fsp3) is 0.440. The van der Waals surface area contributed by atoms with Crippen LogP contribution in [0.15, 0.2) is 60.7 Å². The van der Waals surface area contributed by atoms with E-state index in [1.165, 1.54) is 36.2 Å². The molecule has 1 aromatic heterocycles. The molecule has 3 heterocycles. The Bertz CT molecular complexity index is 995. The number of fused-ring (bicyclic) bond motifs is 3. The zero-order valence-corrected chi connectivity index (χ0v) is 17.4. The molecule has 0 bridgehead atoms. The minimum atomic E-state index is 0.384. The first-order valence-electron chi connectivity index (χ1n) is 11.3. The van der Waals surface area contributed by atoms with Gasteiger partial charge in [-0.3, -0.25) is 9.80 Å². The van der Waals surface area contributed by atoms with Crippen molar-refractivity contribution in [2.45, 2.75) is 37.9 Å². The van der Waals surface area contributed by atoms with Gasteiger partial charge >= 0.3 is 0 Å². The first-order valence-corrected chi connectivity index (χ1v) is 11.3. The van der Waals surface area contributed by atoms with E-state index < -0.39 is 0 Å². The molecule has 30 heavy (non-hydrogen) atoms. The minimum absolute atomic E-state index is 0.384. The van der Waals surface area contributed by atoms with Crippen LogP contribution in [0.1, 0.15) is 30.1 Å². The summed E-state index contributed by atoms with van der Waals surface area (Å²) in [6.45, 7) is 5.54. The highest BCUT2D eigenvalue weighted by Crippen LogP contribution is 2.37. The molecule has 2 aromatic carbocycles. The van der Waals surface area contributed by atoms with Crippen molar-refractivity contribution in [2.24, 2.45) is 5.92 Å². The van der Waals surface area contributed by atoms with Gasteiger partial charge in [0.1, 0.15) is 5.69 Å². The summed E-state index contributed by atoms with van der Waals surface area (Å²) in [6, 6.07) is 22.4. The molecule has 0 spiro atoms. The van der Waals surface area contributed by atoms with Crippen molar-refractivity contribution in [3.8, 4) is 11.3 Å². The molecular weight excluding hydrogens is 370 g/mol. The van der Waals surface area contributed by atoms with E-state index in [9.17, 15) is 0 Å². The van der Waals surface area contributed by atoms with Gasteiger partial charge in [0.05, 0.1) is 11.7 Å². The van der Waals surface area contributed by atoms with Crippen molar-refractivity contribution < 1.29 is 0 Å². The maximum atomic E-state index is 4.72. The molecule has 2 atom stereocenters. The van der Waals surface area contributed by atoms with E-state index in [0.717, 1.165) is 44.2 Å². The van der Waals surface area contributed by atoms with E-state index in [1.54, 1.807) is 0 Å². The van der Waals surface area contributed by atoms with E-state index in [-0.39, 0.29) is 0 Å². The molecule has 0 N–H and O–H groups in total. The standard InChI is InChI=1S/C25H29N5/c1-3-7-19(8-4-1)15-28-17-23-24(18-28)30-22(13-14-29(23)16-20-11-12-20)25(26-27-30)21-9-5-2-6-10-21/h1-10,20,23-24H,11-18H2. The molecule has 2 fully saturated rings. The Morgan fingerprint density at radius 2 is 1.60 bits per heavy atom. The molecule has 3 aliphatic rings. The van der Waals surface area contributed by atoms with Gasteiger partial charge in [-0.2, -0.15) is 0 Å². The quantitative estimate of drug-likeness (QED) is 0.656. The lowest BCUT2D eigenvalue weighted by Gasteiger charge is -2.30. The number of aromatic nitrogens is 3. The molecule has 2 aliphatic heterocycles. The Morgan fingerprint density at radius 3 is 2.37 bits per heavy atom. The monoisotopic (exact) mass is 399 g/mol. The van der Waals surface area contributed by atoms with Crippen molar-refractivity contribution in [3.63, 3.8) is 0 Å². The van der Waals surface area contributed by atoms with Gasteiger partial charge in [0.2, 0.25) is 0 Å². The molecule has 0 amide bonds. The number of nitrogens with zero attached hydrogens (tertiary/aromatic N) is 5. The average Bonchev–Trinajstić information content (AvgIpc) is 3.39. The molecular formula is C25H29N5. The third kappa shape index (κ3) is 3.46. The highest BCUT2D eigenvalue weighted by molar-refractivity contribution is 5.61. The summed E-state index contributed by atoms with van der Waals surface area (Å²) in [7, 11) is 0. The molecule has 1 saturated heterocycles. The summed E-state index contributed by atoms with van der Waals surface area (Å²) in [5.74, 6) is 0.908. The van der Waals surface area contributed by atoms with E-state index in [1.807, 2.05) is 0 Å². The van der Waals surface area contributed by atoms with Gasteiger partial charge < -0.3 is 0 Å². The van der Waals surface area contributed by atoms with Crippen LogP contribution in [0.25, 0.3) is 11.3 Å². The Labute approximate surface area is 178 Å². The van der Waals surface area contributed by atoms with Gasteiger partial charge in [0.25, 0.3) is 0 Å². The predicted octanol–water partition coefficient (Wildman–Crippen LogP) is 3.64. The number of hydrogen-bond donors (Lipinski definition) is 0. The Balaban J connectivity index is 1.32. The second-order valence-electron chi connectivity index (χ2n) is 9.20. The highest BCUT2D eigenvalue weighted by Gasteiger charge is 2.43. The van der Waals surface area contributed by atoms with E-state index >= 15 is 0 Å². The number of benzene rings is 2. The van der Waals surface area contributed by atoms with Crippen LogP contribution >= 0.6 is 0 Å². The molecule has 5 nitrogen and oxygen atoms in total. The Kier molecular flexibility index (Phi) is 4.65. The van der Waals surface area contributed by atoms with E-state index in [4.69, 9.17) is 5.21 Å². The molecule has 2 unspecified atom stereocenters. The molecule has 6 rings (SSSR count). The van der Waals surface area contributed by atoms with Crippen molar-refractivity contribution in [1.29, 1.82) is 0 Å². The fourth-order valence-corrected chi connectivity index (χ4v) is 5.32. The normalized spacial score (nSPS) is 24.4. The summed E-state index contributed by atoms with van der Waals surface area (Å²) >= 11 is 0. The Morgan fingerprint density at radius 1 is 0.867 bits per heavy atom. The first-order chi connectivity index (χ1) is 14.8. The lowest BCUT2D eigenvalue weighted by Crippen LogP contribution is -2.42. The highest BCUT2D eigenvalue weighted by atomic mass is 15.5. The second kappa shape index (κ2) is 7.64. The van der Waals surface area contributed by atoms with Gasteiger partial charge in [-0.1, -0.05) is 65.9 Å². The maximum absolute atomic E-state index is 4.72. The minimum Gasteiger partial charge on any atom is -0.296 e. The largest absolute Gasteiger partial charge is 0.296 e. The van der Waals surface area contributed by atoms with Gasteiger partial charge in [-0.25, -0.2) is 4.68 Å². The smallest absolute Gasteiger partial charge is 0.116 e. The lowest BCUT2D eigenvalue weighted by atomic mass is 10.1. The number of hydrogen-bond acceptors (Lipinski definition) is 4. The molecule has 0 radical (unpaired) electrons. The number of rotatable bonds is 5. The van der Waals surface area contributed by atoms with Crippen LogP contribution in [0.3, 0.4) is 0 Å². The summed E-state index contributed by atoms with van der Waals surface area (Å²) in [6.07, 6.45) is 3.85. The average molecular weight is 400 g/mol. The van der Waals surface area contributed by atoms with E-state index in [2.05, 4.69) is 80.2 Å². The van der Waals surface area contributed by atoms with Crippen LogP contribution in [-0.4, -0.2) is 57.0 Å². The van der Waals surface area contributed by atoms with Crippen LogP contribution in [0.4, 0.5) is 0 Å². The third-order valence-electron chi connectivity index (χ3n) is 7.03. The lowest BCUT2D eigenvalue weighted by molar-refractivity contribution is 0.169. The topological polar surface area (TPSA) is 37.2 Å². The SMILES string of the molecule is c1ccc(CN2CC3C(C2)n2nnc(-c4ccccc4)c2CCN3CC2CC2)cc1. The zero-order chi connectivity index (χ0) is 19.9.